The van der Waals surface area contributed by atoms with Crippen LogP contribution in [0.1, 0.15) is 21.7 Å². The molecule has 0 atom stereocenters. The van der Waals surface area contributed by atoms with E-state index in [1.54, 1.807) is 79.1 Å². The van der Waals surface area contributed by atoms with Crippen LogP contribution in [0, 0.1) is 6.92 Å². The standard InChI is InChI=1S/C25H22ClN3O3/c1-16-27-22-7-5-4-6-21(22)25(31)29(16)20-11-8-17(9-12-20)24(30)28(2)15-18-14-19(26)10-13-23(18)32-3/h4-14H,15H2,1-3H3. The molecule has 0 saturated carbocycles. The van der Waals surface area contributed by atoms with Crippen LogP contribution in [0.5, 0.6) is 5.75 Å². The van der Waals surface area contributed by atoms with Gasteiger partial charge in [0.15, 0.2) is 0 Å². The Bertz CT molecular complexity index is 1360. The predicted octanol–water partition coefficient (Wildman–Crippen LogP) is 4.63. The Morgan fingerprint density at radius 1 is 1.09 bits per heavy atom. The van der Waals surface area contributed by atoms with Gasteiger partial charge in [-0.05, 0) is 61.5 Å². The van der Waals surface area contributed by atoms with Crippen LogP contribution in [0.2, 0.25) is 5.02 Å². The zero-order valence-corrected chi connectivity index (χ0v) is 18.8. The lowest BCUT2D eigenvalue weighted by molar-refractivity contribution is 0.0784. The van der Waals surface area contributed by atoms with Gasteiger partial charge >= 0.3 is 0 Å². The van der Waals surface area contributed by atoms with E-state index in [1.165, 1.54) is 0 Å². The molecule has 6 nitrogen and oxygen atoms in total. The number of benzene rings is 3. The van der Waals surface area contributed by atoms with Crippen LogP contribution in [-0.4, -0.2) is 34.5 Å². The fraction of sp³-hybridized carbons (Fsp3) is 0.160. The number of aryl methyl sites for hydroxylation is 1. The molecule has 0 saturated heterocycles. The van der Waals surface area contributed by atoms with Gasteiger partial charge in [0, 0.05) is 29.7 Å². The number of hydrogen-bond acceptors (Lipinski definition) is 4. The zero-order valence-electron chi connectivity index (χ0n) is 18.0. The summed E-state index contributed by atoms with van der Waals surface area (Å²) in [4.78, 5) is 32.1. The van der Waals surface area contributed by atoms with Crippen LogP contribution in [-0.2, 0) is 6.54 Å². The molecule has 0 aliphatic rings. The molecule has 1 amide bonds. The smallest absolute Gasteiger partial charge is 0.265 e. The molecule has 0 spiro atoms. The molecule has 0 fully saturated rings. The van der Waals surface area contributed by atoms with Crippen molar-refractivity contribution >= 4 is 28.4 Å². The summed E-state index contributed by atoms with van der Waals surface area (Å²) >= 11 is 6.10. The van der Waals surface area contributed by atoms with Crippen molar-refractivity contribution in [2.75, 3.05) is 14.2 Å². The molecule has 4 rings (SSSR count). The molecule has 0 unspecified atom stereocenters. The normalized spacial score (nSPS) is 10.9. The quantitative estimate of drug-likeness (QED) is 0.447. The maximum atomic E-state index is 13.0. The monoisotopic (exact) mass is 447 g/mol. The molecule has 1 heterocycles. The van der Waals surface area contributed by atoms with Crippen molar-refractivity contribution in [1.82, 2.24) is 14.5 Å². The molecule has 0 bridgehead atoms. The van der Waals surface area contributed by atoms with Crippen molar-refractivity contribution in [1.29, 1.82) is 0 Å². The van der Waals surface area contributed by atoms with E-state index in [-0.39, 0.29) is 11.5 Å². The number of amides is 1. The third-order valence-electron chi connectivity index (χ3n) is 5.31. The molecule has 0 N–H and O–H groups in total. The predicted molar refractivity (Wildman–Crippen MR) is 126 cm³/mol. The topological polar surface area (TPSA) is 64.4 Å². The van der Waals surface area contributed by atoms with Gasteiger partial charge in [-0.2, -0.15) is 0 Å². The number of halogens is 1. The van der Waals surface area contributed by atoms with Crippen LogP contribution in [0.15, 0.2) is 71.5 Å². The van der Waals surface area contributed by atoms with Crippen molar-refractivity contribution in [3.05, 3.63) is 99.1 Å². The van der Waals surface area contributed by atoms with Gasteiger partial charge < -0.3 is 9.64 Å². The molecule has 3 aromatic carbocycles. The van der Waals surface area contributed by atoms with E-state index in [2.05, 4.69) is 4.98 Å². The number of ether oxygens (including phenoxy) is 1. The molecule has 0 radical (unpaired) electrons. The van der Waals surface area contributed by atoms with Gasteiger partial charge in [0.25, 0.3) is 11.5 Å². The van der Waals surface area contributed by atoms with Crippen LogP contribution in [0.4, 0.5) is 0 Å². The highest BCUT2D eigenvalue weighted by molar-refractivity contribution is 6.30. The number of carbonyl (C=O) groups excluding carboxylic acids is 1. The van der Waals surface area contributed by atoms with Gasteiger partial charge in [-0.15, -0.1) is 0 Å². The Balaban J connectivity index is 1.60. The zero-order chi connectivity index (χ0) is 22.8. The molecule has 162 valence electrons. The van der Waals surface area contributed by atoms with Gasteiger partial charge in [0.05, 0.1) is 23.7 Å². The number of aromatic nitrogens is 2. The number of para-hydroxylation sites is 1. The molecule has 0 aliphatic carbocycles. The Hall–Kier alpha value is -3.64. The first-order chi connectivity index (χ1) is 15.4. The number of methoxy groups -OCH3 is 1. The Kier molecular flexibility index (Phi) is 5.97. The molecule has 1 aromatic heterocycles. The van der Waals surface area contributed by atoms with Crippen molar-refractivity contribution in [3.8, 4) is 11.4 Å². The highest BCUT2D eigenvalue weighted by Crippen LogP contribution is 2.24. The molecule has 0 aliphatic heterocycles. The van der Waals surface area contributed by atoms with E-state index in [0.29, 0.717) is 45.3 Å². The van der Waals surface area contributed by atoms with Crippen LogP contribution < -0.4 is 10.3 Å². The van der Waals surface area contributed by atoms with Crippen molar-refractivity contribution in [2.45, 2.75) is 13.5 Å². The maximum Gasteiger partial charge on any atom is 0.265 e. The minimum Gasteiger partial charge on any atom is -0.496 e. The third kappa shape index (κ3) is 4.09. The molecular formula is C25H22ClN3O3. The van der Waals surface area contributed by atoms with Crippen molar-refractivity contribution < 1.29 is 9.53 Å². The highest BCUT2D eigenvalue weighted by atomic mass is 35.5. The van der Waals surface area contributed by atoms with Crippen molar-refractivity contribution in [3.63, 3.8) is 0 Å². The third-order valence-corrected chi connectivity index (χ3v) is 5.55. The second kappa shape index (κ2) is 8.85. The second-order valence-corrected chi connectivity index (χ2v) is 7.92. The number of fused-ring (bicyclic) bond motifs is 1. The number of carbonyl (C=O) groups is 1. The minimum atomic E-state index is -0.153. The maximum absolute atomic E-state index is 13.0. The SMILES string of the molecule is COc1ccc(Cl)cc1CN(C)C(=O)c1ccc(-n2c(C)nc3ccccc3c2=O)cc1. The highest BCUT2D eigenvalue weighted by Gasteiger charge is 2.16. The van der Waals surface area contributed by atoms with Crippen LogP contribution in [0.3, 0.4) is 0 Å². The van der Waals surface area contributed by atoms with E-state index < -0.39 is 0 Å². The first-order valence-corrected chi connectivity index (χ1v) is 10.4. The Labute approximate surface area is 190 Å². The van der Waals surface area contributed by atoms with E-state index >= 15 is 0 Å². The van der Waals surface area contributed by atoms with Gasteiger partial charge in [-0.1, -0.05) is 23.7 Å². The summed E-state index contributed by atoms with van der Waals surface area (Å²) in [6.45, 7) is 2.14. The summed E-state index contributed by atoms with van der Waals surface area (Å²) in [5.41, 5.74) is 2.50. The minimum absolute atomic E-state index is 0.141. The fourth-order valence-electron chi connectivity index (χ4n) is 3.72. The fourth-order valence-corrected chi connectivity index (χ4v) is 3.91. The number of nitrogens with zero attached hydrogens (tertiary/aromatic N) is 3. The lowest BCUT2D eigenvalue weighted by Gasteiger charge is -2.19. The Morgan fingerprint density at radius 3 is 2.53 bits per heavy atom. The van der Waals surface area contributed by atoms with E-state index in [4.69, 9.17) is 16.3 Å². The first-order valence-electron chi connectivity index (χ1n) is 10.1. The lowest BCUT2D eigenvalue weighted by Crippen LogP contribution is -2.26. The van der Waals surface area contributed by atoms with Crippen LogP contribution >= 0.6 is 11.6 Å². The summed E-state index contributed by atoms with van der Waals surface area (Å²) in [6.07, 6.45) is 0. The van der Waals surface area contributed by atoms with Gasteiger partial charge in [-0.3, -0.25) is 14.2 Å². The summed E-state index contributed by atoms with van der Waals surface area (Å²) in [5, 5.41) is 1.13. The molecular weight excluding hydrogens is 426 g/mol. The second-order valence-electron chi connectivity index (χ2n) is 7.48. The summed E-state index contributed by atoms with van der Waals surface area (Å²) < 4.78 is 6.92. The largest absolute Gasteiger partial charge is 0.496 e. The molecule has 32 heavy (non-hydrogen) atoms. The average Bonchev–Trinajstić information content (AvgIpc) is 2.79. The lowest BCUT2D eigenvalue weighted by atomic mass is 10.1. The van der Waals surface area contributed by atoms with Crippen LogP contribution in [0.25, 0.3) is 16.6 Å². The molecule has 7 heteroatoms. The molecule has 4 aromatic rings. The van der Waals surface area contributed by atoms with Crippen molar-refractivity contribution in [2.24, 2.45) is 0 Å². The first kappa shape index (κ1) is 21.6. The summed E-state index contributed by atoms with van der Waals surface area (Å²) in [7, 11) is 3.30. The Morgan fingerprint density at radius 2 is 1.81 bits per heavy atom. The number of hydrogen-bond donors (Lipinski definition) is 0. The van der Waals surface area contributed by atoms with Gasteiger partial charge in [0.1, 0.15) is 11.6 Å². The average molecular weight is 448 g/mol. The summed E-state index contributed by atoms with van der Waals surface area (Å²) in [6, 6.07) is 19.5. The van der Waals surface area contributed by atoms with Gasteiger partial charge in [-0.25, -0.2) is 4.98 Å². The van der Waals surface area contributed by atoms with E-state index in [0.717, 1.165) is 5.56 Å². The summed E-state index contributed by atoms with van der Waals surface area (Å²) in [5.74, 6) is 1.10. The number of rotatable bonds is 5. The van der Waals surface area contributed by atoms with Gasteiger partial charge in [0.2, 0.25) is 0 Å². The van der Waals surface area contributed by atoms with E-state index in [1.807, 2.05) is 18.2 Å². The van der Waals surface area contributed by atoms with E-state index in [9.17, 15) is 9.59 Å².